The molecule has 0 bridgehead atoms. The second-order valence-electron chi connectivity index (χ2n) is 6.85. The van der Waals surface area contributed by atoms with Gasteiger partial charge in [0, 0.05) is 5.97 Å². The average Bonchev–Trinajstić information content (AvgIpc) is 2.58. The molecule has 0 saturated carbocycles. The van der Waals surface area contributed by atoms with Crippen molar-refractivity contribution in [2.45, 2.75) is 117 Å². The van der Waals surface area contributed by atoms with Crippen LogP contribution in [0.1, 0.15) is 117 Å². The molecule has 0 aromatic carbocycles. The molecule has 0 aromatic heterocycles. The van der Waals surface area contributed by atoms with Gasteiger partial charge in [0.05, 0.1) is 13.1 Å². The van der Waals surface area contributed by atoms with Crippen LogP contribution in [0.5, 0.6) is 0 Å². The number of nitrogens with two attached hydrogens (primary N) is 1. The zero-order valence-electron chi connectivity index (χ0n) is 16.9. The molecular formula is C21H45NO2. The van der Waals surface area contributed by atoms with Gasteiger partial charge in [0.15, 0.2) is 0 Å². The Bertz CT molecular complexity index is 218. The Hall–Kier alpha value is -0.570. The molecule has 0 heterocycles. The molecule has 0 saturated heterocycles. The summed E-state index contributed by atoms with van der Waals surface area (Å²) in [7, 11) is 0. The maximum Gasteiger partial charge on any atom is 0.0755 e. The summed E-state index contributed by atoms with van der Waals surface area (Å²) >= 11 is 0. The van der Waals surface area contributed by atoms with E-state index in [1.54, 1.807) is 0 Å². The second kappa shape index (κ2) is 24.7. The minimum Gasteiger partial charge on any atom is -0.550 e. The summed E-state index contributed by atoms with van der Waals surface area (Å²) in [6.45, 7) is 9.06. The molecule has 0 aliphatic carbocycles. The molecule has 3 nitrogen and oxygen atoms in total. The van der Waals surface area contributed by atoms with E-state index in [0.717, 1.165) is 12.8 Å². The standard InChI is InChI=1S/C16H35N.C5H10O2/c1-3-5-6-7-8-9-10-11-12-13-14-15-16-17-4-2;1-2-3-4-5(6)7/h17H,3-16H2,1-2H3;2-4H2,1H3,(H,6,7). The van der Waals surface area contributed by atoms with E-state index in [-0.39, 0.29) is 6.42 Å². The van der Waals surface area contributed by atoms with Crippen molar-refractivity contribution in [3.63, 3.8) is 0 Å². The van der Waals surface area contributed by atoms with Gasteiger partial charge in [-0.2, -0.15) is 0 Å². The van der Waals surface area contributed by atoms with Crippen molar-refractivity contribution < 1.29 is 15.2 Å². The van der Waals surface area contributed by atoms with Crippen LogP contribution in [0.4, 0.5) is 0 Å². The van der Waals surface area contributed by atoms with Crippen molar-refractivity contribution in [2.75, 3.05) is 13.1 Å². The van der Waals surface area contributed by atoms with Crippen LogP contribution in [0, 0.1) is 0 Å². The highest BCUT2D eigenvalue weighted by Crippen LogP contribution is 2.11. The van der Waals surface area contributed by atoms with Crippen LogP contribution in [0.2, 0.25) is 0 Å². The number of hydrogen-bond acceptors (Lipinski definition) is 2. The van der Waals surface area contributed by atoms with Crippen LogP contribution in [0.15, 0.2) is 0 Å². The maximum atomic E-state index is 9.65. The number of hydrogen-bond donors (Lipinski definition) is 1. The smallest absolute Gasteiger partial charge is 0.0755 e. The number of carboxylic acid groups (broad SMARTS) is 1. The Kier molecular flexibility index (Phi) is 26.4. The van der Waals surface area contributed by atoms with Crippen molar-refractivity contribution in [3.8, 4) is 0 Å². The molecule has 0 amide bonds. The molecule has 0 atom stereocenters. The van der Waals surface area contributed by atoms with E-state index >= 15 is 0 Å². The van der Waals surface area contributed by atoms with E-state index in [4.69, 9.17) is 0 Å². The number of carboxylic acids is 1. The van der Waals surface area contributed by atoms with Crippen molar-refractivity contribution in [3.05, 3.63) is 0 Å². The fraction of sp³-hybridized carbons (Fsp3) is 0.952. The summed E-state index contributed by atoms with van der Waals surface area (Å²) < 4.78 is 0. The third kappa shape index (κ3) is 29.4. The number of unbranched alkanes of at least 4 members (excludes halogenated alkanes) is 12. The zero-order valence-corrected chi connectivity index (χ0v) is 16.9. The van der Waals surface area contributed by atoms with Gasteiger partial charge in [-0.15, -0.1) is 0 Å². The molecule has 2 N–H and O–H groups in total. The van der Waals surface area contributed by atoms with Gasteiger partial charge in [-0.25, -0.2) is 0 Å². The molecule has 146 valence electrons. The first-order valence-electron chi connectivity index (χ1n) is 10.7. The van der Waals surface area contributed by atoms with Gasteiger partial charge in [-0.3, -0.25) is 0 Å². The van der Waals surface area contributed by atoms with Crippen LogP contribution in [0.25, 0.3) is 0 Å². The summed E-state index contributed by atoms with van der Waals surface area (Å²) in [5.74, 6) is -0.943. The van der Waals surface area contributed by atoms with Crippen LogP contribution in [0.3, 0.4) is 0 Å². The maximum absolute atomic E-state index is 9.65. The predicted molar refractivity (Wildman–Crippen MR) is 103 cm³/mol. The van der Waals surface area contributed by atoms with E-state index in [1.165, 1.54) is 90.1 Å². The highest BCUT2D eigenvalue weighted by molar-refractivity contribution is 5.63. The van der Waals surface area contributed by atoms with E-state index in [1.807, 2.05) is 6.92 Å². The van der Waals surface area contributed by atoms with Gasteiger partial charge >= 0.3 is 0 Å². The Morgan fingerprint density at radius 1 is 0.667 bits per heavy atom. The Labute approximate surface area is 152 Å². The number of carbonyl (C=O) groups excluding carboxylic acids is 1. The minimum absolute atomic E-state index is 0.205. The van der Waals surface area contributed by atoms with E-state index < -0.39 is 5.97 Å². The normalized spacial score (nSPS) is 10.3. The Morgan fingerprint density at radius 2 is 1.08 bits per heavy atom. The van der Waals surface area contributed by atoms with Gasteiger partial charge in [-0.05, 0) is 32.6 Å². The molecule has 0 unspecified atom stereocenters. The predicted octanol–water partition coefficient (Wildman–Crippen LogP) is 4.20. The van der Waals surface area contributed by atoms with Crippen molar-refractivity contribution >= 4 is 5.97 Å². The lowest BCUT2D eigenvalue weighted by Gasteiger charge is -2.02. The number of quaternary nitrogens is 1. The largest absolute Gasteiger partial charge is 0.550 e. The summed E-state index contributed by atoms with van der Waals surface area (Å²) in [6, 6.07) is 0. The lowest BCUT2D eigenvalue weighted by atomic mass is 10.1. The second-order valence-corrected chi connectivity index (χ2v) is 6.85. The van der Waals surface area contributed by atoms with Gasteiger partial charge < -0.3 is 15.2 Å². The van der Waals surface area contributed by atoms with E-state index in [0.29, 0.717) is 0 Å². The van der Waals surface area contributed by atoms with Gasteiger partial charge in [0.25, 0.3) is 0 Å². The Morgan fingerprint density at radius 3 is 1.42 bits per heavy atom. The number of rotatable bonds is 17. The third-order valence-corrected chi connectivity index (χ3v) is 4.28. The Balaban J connectivity index is 0. The highest BCUT2D eigenvalue weighted by atomic mass is 16.4. The fourth-order valence-electron chi connectivity index (χ4n) is 2.65. The number of carbonyl (C=O) groups is 1. The van der Waals surface area contributed by atoms with Gasteiger partial charge in [0.1, 0.15) is 0 Å². The number of aliphatic carboxylic acids is 1. The summed E-state index contributed by atoms with van der Waals surface area (Å²) in [6.07, 6.45) is 19.3. The first kappa shape index (κ1) is 25.7. The topological polar surface area (TPSA) is 56.7 Å². The zero-order chi connectivity index (χ0) is 18.3. The highest BCUT2D eigenvalue weighted by Gasteiger charge is 1.93. The molecule has 0 radical (unpaired) electrons. The van der Waals surface area contributed by atoms with Crippen molar-refractivity contribution in [1.29, 1.82) is 0 Å². The van der Waals surface area contributed by atoms with E-state index in [2.05, 4.69) is 19.2 Å². The first-order valence-corrected chi connectivity index (χ1v) is 10.7. The third-order valence-electron chi connectivity index (χ3n) is 4.28. The summed E-state index contributed by atoms with van der Waals surface area (Å²) in [5, 5.41) is 12.1. The van der Waals surface area contributed by atoms with Crippen LogP contribution < -0.4 is 10.4 Å². The summed E-state index contributed by atoms with van der Waals surface area (Å²) in [4.78, 5) is 9.65. The van der Waals surface area contributed by atoms with Crippen LogP contribution in [-0.4, -0.2) is 19.1 Å². The molecule has 0 aliphatic heterocycles. The molecule has 0 rings (SSSR count). The molecule has 0 aromatic rings. The minimum atomic E-state index is -0.943. The molecule has 0 aliphatic rings. The average molecular weight is 344 g/mol. The quantitative estimate of drug-likeness (QED) is 0.402. The van der Waals surface area contributed by atoms with Crippen LogP contribution in [-0.2, 0) is 4.79 Å². The van der Waals surface area contributed by atoms with Gasteiger partial charge in [-0.1, -0.05) is 84.5 Å². The molecular weight excluding hydrogens is 298 g/mol. The van der Waals surface area contributed by atoms with Crippen molar-refractivity contribution in [2.24, 2.45) is 0 Å². The van der Waals surface area contributed by atoms with Crippen molar-refractivity contribution in [1.82, 2.24) is 0 Å². The lowest BCUT2D eigenvalue weighted by molar-refractivity contribution is -0.652. The molecule has 3 heteroatoms. The first-order chi connectivity index (χ1) is 11.7. The van der Waals surface area contributed by atoms with Crippen LogP contribution >= 0.6 is 0 Å². The SMILES string of the molecule is CCCCC(=O)[O-].CCCCCCCCCCCCCC[NH2+]CC. The molecule has 0 fully saturated rings. The molecule has 24 heavy (non-hydrogen) atoms. The summed E-state index contributed by atoms with van der Waals surface area (Å²) in [5.41, 5.74) is 0. The van der Waals surface area contributed by atoms with Gasteiger partial charge in [0.2, 0.25) is 0 Å². The van der Waals surface area contributed by atoms with E-state index in [9.17, 15) is 9.90 Å². The monoisotopic (exact) mass is 343 g/mol. The lowest BCUT2D eigenvalue weighted by Crippen LogP contribution is -2.83. The fourth-order valence-corrected chi connectivity index (χ4v) is 2.65. The molecule has 0 spiro atoms.